The van der Waals surface area contributed by atoms with Crippen molar-refractivity contribution in [3.63, 3.8) is 0 Å². The summed E-state index contributed by atoms with van der Waals surface area (Å²) in [5.41, 5.74) is 0. The zero-order chi connectivity index (χ0) is 14.6. The number of nitrogens with zero attached hydrogens (tertiary/aromatic N) is 2. The zero-order valence-electron chi connectivity index (χ0n) is 10.5. The standard InChI is InChI=1S/C9H17N3O7/c1-12(11-17)9(16)10-5-6(14)4(3-13)19-8(18-2)7(5)15/h4-8,13-15H,3H2,1-2H3,(H,10,16)/t4-,5-,6-,7+,8-/m0/s1. The monoisotopic (exact) mass is 279 g/mol. The van der Waals surface area contributed by atoms with E-state index in [1.165, 1.54) is 7.11 Å². The lowest BCUT2D eigenvalue weighted by molar-refractivity contribution is -0.270. The summed E-state index contributed by atoms with van der Waals surface area (Å²) in [6, 6.07) is -2.08. The van der Waals surface area contributed by atoms with E-state index in [0.29, 0.717) is 5.01 Å². The number of nitroso groups, excluding NO2 is 1. The summed E-state index contributed by atoms with van der Waals surface area (Å²) in [5, 5.41) is 33.9. The summed E-state index contributed by atoms with van der Waals surface area (Å²) in [4.78, 5) is 21.7. The second kappa shape index (κ2) is 6.73. The van der Waals surface area contributed by atoms with Crippen LogP contribution in [0.5, 0.6) is 0 Å². The fraction of sp³-hybridized carbons (Fsp3) is 0.889. The maximum atomic E-state index is 11.5. The average Bonchev–Trinajstić information content (AvgIpc) is 2.42. The molecule has 1 aliphatic heterocycles. The van der Waals surface area contributed by atoms with E-state index in [9.17, 15) is 19.9 Å². The van der Waals surface area contributed by atoms with Crippen LogP contribution >= 0.6 is 0 Å². The lowest BCUT2D eigenvalue weighted by Gasteiger charge is -2.41. The lowest BCUT2D eigenvalue weighted by atomic mass is 9.96. The van der Waals surface area contributed by atoms with E-state index in [1.54, 1.807) is 0 Å². The van der Waals surface area contributed by atoms with Crippen LogP contribution in [-0.4, -0.2) is 77.8 Å². The molecule has 0 aromatic heterocycles. The lowest BCUT2D eigenvalue weighted by Crippen LogP contribution is -2.65. The van der Waals surface area contributed by atoms with Crippen LogP contribution in [-0.2, 0) is 9.47 Å². The highest BCUT2D eigenvalue weighted by molar-refractivity contribution is 5.73. The van der Waals surface area contributed by atoms with Gasteiger partial charge < -0.3 is 30.1 Å². The number of methoxy groups -OCH3 is 1. The summed E-state index contributed by atoms with van der Waals surface area (Å²) in [6.07, 6.45) is -4.89. The first kappa shape index (κ1) is 15.7. The molecule has 1 heterocycles. The molecule has 0 spiro atoms. The van der Waals surface area contributed by atoms with Gasteiger partial charge in [-0.2, -0.15) is 5.01 Å². The number of hydrogen-bond acceptors (Lipinski definition) is 8. The van der Waals surface area contributed by atoms with Crippen molar-refractivity contribution >= 4 is 6.03 Å². The molecule has 0 aliphatic carbocycles. The van der Waals surface area contributed by atoms with E-state index >= 15 is 0 Å². The molecule has 0 radical (unpaired) electrons. The molecule has 1 aliphatic rings. The van der Waals surface area contributed by atoms with Crippen LogP contribution in [0.4, 0.5) is 4.79 Å². The van der Waals surface area contributed by atoms with Gasteiger partial charge in [-0.1, -0.05) is 0 Å². The van der Waals surface area contributed by atoms with Crippen LogP contribution in [0.3, 0.4) is 0 Å². The summed E-state index contributed by atoms with van der Waals surface area (Å²) in [5.74, 6) is 0. The van der Waals surface area contributed by atoms with Crippen LogP contribution < -0.4 is 5.32 Å². The Morgan fingerprint density at radius 3 is 2.58 bits per heavy atom. The Kier molecular flexibility index (Phi) is 5.57. The number of ether oxygens (including phenoxy) is 2. The molecule has 10 heteroatoms. The Morgan fingerprint density at radius 2 is 2.11 bits per heavy atom. The number of aliphatic hydroxyl groups excluding tert-OH is 3. The second-order valence-corrected chi connectivity index (χ2v) is 4.02. The van der Waals surface area contributed by atoms with Crippen LogP contribution in [0.2, 0.25) is 0 Å². The van der Waals surface area contributed by atoms with Crippen molar-refractivity contribution in [2.75, 3.05) is 20.8 Å². The van der Waals surface area contributed by atoms with Crippen molar-refractivity contribution in [3.8, 4) is 0 Å². The molecular weight excluding hydrogens is 262 g/mol. The van der Waals surface area contributed by atoms with Crippen molar-refractivity contribution in [3.05, 3.63) is 4.91 Å². The van der Waals surface area contributed by atoms with Crippen LogP contribution in [0, 0.1) is 4.91 Å². The molecule has 19 heavy (non-hydrogen) atoms. The molecule has 0 saturated carbocycles. The van der Waals surface area contributed by atoms with Gasteiger partial charge in [-0.3, -0.25) is 0 Å². The maximum absolute atomic E-state index is 11.5. The minimum Gasteiger partial charge on any atom is -0.394 e. The Balaban J connectivity index is 2.81. The van der Waals surface area contributed by atoms with Crippen LogP contribution in [0.15, 0.2) is 5.29 Å². The number of carbonyl (C=O) groups is 1. The van der Waals surface area contributed by atoms with Crippen LogP contribution in [0.1, 0.15) is 0 Å². The van der Waals surface area contributed by atoms with E-state index < -0.39 is 43.3 Å². The minimum atomic E-state index is -1.37. The number of aliphatic hydroxyl groups is 3. The summed E-state index contributed by atoms with van der Waals surface area (Å²) in [6.45, 7) is -0.526. The van der Waals surface area contributed by atoms with Crippen molar-refractivity contribution < 1.29 is 29.6 Å². The minimum absolute atomic E-state index is 0.463. The Labute approximate surface area is 108 Å². The SMILES string of the molecule is CO[C@H]1O[C@@H](CO)[C@H](O)[C@H](NC(=O)N(C)N=O)[C@H]1O. The smallest absolute Gasteiger partial charge is 0.340 e. The molecule has 110 valence electrons. The highest BCUT2D eigenvalue weighted by Crippen LogP contribution is 2.21. The molecule has 1 fully saturated rings. The van der Waals surface area contributed by atoms with E-state index in [2.05, 4.69) is 10.6 Å². The fourth-order valence-corrected chi connectivity index (χ4v) is 1.73. The van der Waals surface area contributed by atoms with Gasteiger partial charge in [-0.25, -0.2) is 4.79 Å². The molecule has 4 N–H and O–H groups in total. The molecular formula is C9H17N3O7. The summed E-state index contributed by atoms with van der Waals surface area (Å²) < 4.78 is 9.92. The van der Waals surface area contributed by atoms with Crippen molar-refractivity contribution in [2.24, 2.45) is 5.29 Å². The molecule has 0 aromatic carbocycles. The van der Waals surface area contributed by atoms with E-state index in [0.717, 1.165) is 7.05 Å². The van der Waals surface area contributed by atoms with Gasteiger partial charge in [0, 0.05) is 14.2 Å². The Hall–Kier alpha value is -1.33. The number of carbonyl (C=O) groups excluding carboxylic acids is 1. The van der Waals surface area contributed by atoms with Gasteiger partial charge in [-0.15, -0.1) is 4.91 Å². The van der Waals surface area contributed by atoms with E-state index in [1.807, 2.05) is 0 Å². The summed E-state index contributed by atoms with van der Waals surface area (Å²) in [7, 11) is 2.37. The maximum Gasteiger partial charge on any atom is 0.340 e. The summed E-state index contributed by atoms with van der Waals surface area (Å²) >= 11 is 0. The zero-order valence-corrected chi connectivity index (χ0v) is 10.5. The first-order valence-corrected chi connectivity index (χ1v) is 5.49. The third-order valence-corrected chi connectivity index (χ3v) is 2.82. The molecule has 1 rings (SSSR count). The number of nitrogens with one attached hydrogen (secondary N) is 1. The average molecular weight is 279 g/mol. The quantitative estimate of drug-likeness (QED) is 0.337. The van der Waals surface area contributed by atoms with Gasteiger partial charge in [-0.05, 0) is 0 Å². The van der Waals surface area contributed by atoms with Crippen molar-refractivity contribution in [1.82, 2.24) is 10.3 Å². The molecule has 10 nitrogen and oxygen atoms in total. The predicted molar refractivity (Wildman–Crippen MR) is 60.6 cm³/mol. The fourth-order valence-electron chi connectivity index (χ4n) is 1.73. The van der Waals surface area contributed by atoms with Gasteiger partial charge in [0.2, 0.25) is 0 Å². The number of urea groups is 1. The molecule has 0 unspecified atom stereocenters. The third kappa shape index (κ3) is 3.36. The third-order valence-electron chi connectivity index (χ3n) is 2.82. The van der Waals surface area contributed by atoms with Crippen LogP contribution in [0.25, 0.3) is 0 Å². The van der Waals surface area contributed by atoms with Gasteiger partial charge >= 0.3 is 6.03 Å². The normalized spacial score (nSPS) is 34.7. The van der Waals surface area contributed by atoms with Crippen molar-refractivity contribution in [1.29, 1.82) is 0 Å². The second-order valence-electron chi connectivity index (χ2n) is 4.02. The molecule has 0 aromatic rings. The Morgan fingerprint density at radius 1 is 1.47 bits per heavy atom. The van der Waals surface area contributed by atoms with E-state index in [4.69, 9.17) is 14.6 Å². The number of hydrogen-bond donors (Lipinski definition) is 4. The molecule has 5 atom stereocenters. The highest BCUT2D eigenvalue weighted by Gasteiger charge is 2.45. The molecule has 0 bridgehead atoms. The molecule has 2 amide bonds. The van der Waals surface area contributed by atoms with E-state index in [-0.39, 0.29) is 0 Å². The van der Waals surface area contributed by atoms with Gasteiger partial charge in [0.25, 0.3) is 0 Å². The van der Waals surface area contributed by atoms with Gasteiger partial charge in [0.05, 0.1) is 17.9 Å². The highest BCUT2D eigenvalue weighted by atomic mass is 16.7. The Bertz CT molecular complexity index is 313. The first-order chi connectivity index (χ1) is 8.96. The topological polar surface area (TPSA) is 141 Å². The molecule has 1 saturated heterocycles. The largest absolute Gasteiger partial charge is 0.394 e. The van der Waals surface area contributed by atoms with Crippen molar-refractivity contribution in [2.45, 2.75) is 30.6 Å². The predicted octanol–water partition coefficient (Wildman–Crippen LogP) is -2.24. The van der Waals surface area contributed by atoms with Gasteiger partial charge in [0.1, 0.15) is 18.3 Å². The number of amides is 2. The number of rotatable bonds is 4. The first-order valence-electron chi connectivity index (χ1n) is 5.49. The van der Waals surface area contributed by atoms with Gasteiger partial charge in [0.15, 0.2) is 6.29 Å².